The number of hydrogen-bond donors (Lipinski definition) is 2. The van der Waals surface area contributed by atoms with E-state index in [-0.39, 0.29) is 5.91 Å². The molecule has 0 aliphatic heterocycles. The van der Waals surface area contributed by atoms with E-state index in [1.54, 1.807) is 24.5 Å². The monoisotopic (exact) mass is 389 g/mol. The van der Waals surface area contributed by atoms with E-state index >= 15 is 0 Å². The van der Waals surface area contributed by atoms with E-state index in [1.807, 2.05) is 6.07 Å². The summed E-state index contributed by atoms with van der Waals surface area (Å²) < 4.78 is 0.939. The lowest BCUT2D eigenvalue weighted by Crippen LogP contribution is -2.24. The Morgan fingerprint density at radius 3 is 3.00 bits per heavy atom. The Kier molecular flexibility index (Phi) is 5.21. The number of H-pyrrole nitrogens is 1. The highest BCUT2D eigenvalue weighted by Gasteiger charge is 2.07. The second-order valence-corrected chi connectivity index (χ2v) is 5.59. The van der Waals surface area contributed by atoms with Gasteiger partial charge in [0.25, 0.3) is 5.91 Å². The molecule has 0 unspecified atom stereocenters. The SMILES string of the molecule is O=C(NCCCc1ncc[nH]1)c1ccc(I)c(Cl)c1. The molecular formula is C13H13ClIN3O. The smallest absolute Gasteiger partial charge is 0.251 e. The summed E-state index contributed by atoms with van der Waals surface area (Å²) in [6, 6.07) is 5.29. The van der Waals surface area contributed by atoms with Crippen LogP contribution in [-0.4, -0.2) is 22.4 Å². The van der Waals surface area contributed by atoms with Crippen LogP contribution < -0.4 is 5.32 Å². The van der Waals surface area contributed by atoms with Crippen LogP contribution in [0.1, 0.15) is 22.6 Å². The zero-order valence-electron chi connectivity index (χ0n) is 10.1. The van der Waals surface area contributed by atoms with Gasteiger partial charge in [-0.3, -0.25) is 4.79 Å². The molecule has 0 spiro atoms. The van der Waals surface area contributed by atoms with Crippen LogP contribution in [0.3, 0.4) is 0 Å². The first-order valence-corrected chi connectivity index (χ1v) is 7.34. The van der Waals surface area contributed by atoms with E-state index in [1.165, 1.54) is 0 Å². The van der Waals surface area contributed by atoms with Crippen molar-refractivity contribution in [1.29, 1.82) is 0 Å². The van der Waals surface area contributed by atoms with Crippen molar-refractivity contribution in [2.75, 3.05) is 6.54 Å². The zero-order valence-corrected chi connectivity index (χ0v) is 13.0. The topological polar surface area (TPSA) is 57.8 Å². The van der Waals surface area contributed by atoms with Gasteiger partial charge < -0.3 is 10.3 Å². The molecule has 0 aliphatic rings. The van der Waals surface area contributed by atoms with Gasteiger partial charge in [0.05, 0.1) is 5.02 Å². The van der Waals surface area contributed by atoms with Gasteiger partial charge in [-0.2, -0.15) is 0 Å². The molecule has 0 aliphatic carbocycles. The second kappa shape index (κ2) is 6.91. The maximum atomic E-state index is 11.9. The number of halogens is 2. The van der Waals surface area contributed by atoms with Gasteiger partial charge in [-0.05, 0) is 47.2 Å². The molecule has 1 heterocycles. The zero-order chi connectivity index (χ0) is 13.7. The summed E-state index contributed by atoms with van der Waals surface area (Å²) in [5, 5.41) is 3.47. The van der Waals surface area contributed by atoms with Gasteiger partial charge in [-0.15, -0.1) is 0 Å². The minimum absolute atomic E-state index is 0.0993. The van der Waals surface area contributed by atoms with Crippen molar-refractivity contribution in [3.05, 3.63) is 50.6 Å². The Bertz CT molecular complexity index is 557. The molecule has 19 heavy (non-hydrogen) atoms. The molecule has 2 aromatic rings. The molecule has 0 bridgehead atoms. The number of hydrogen-bond acceptors (Lipinski definition) is 2. The van der Waals surface area contributed by atoms with Crippen LogP contribution in [-0.2, 0) is 6.42 Å². The number of nitrogens with one attached hydrogen (secondary N) is 2. The molecule has 4 nitrogen and oxygen atoms in total. The molecule has 100 valence electrons. The number of amides is 1. The van der Waals surface area contributed by atoms with Gasteiger partial charge >= 0.3 is 0 Å². The number of imidazole rings is 1. The molecule has 2 N–H and O–H groups in total. The highest BCUT2D eigenvalue weighted by atomic mass is 127. The van der Waals surface area contributed by atoms with Crippen LogP contribution in [0, 0.1) is 3.57 Å². The Morgan fingerprint density at radius 1 is 1.47 bits per heavy atom. The number of carbonyl (C=O) groups is 1. The summed E-state index contributed by atoms with van der Waals surface area (Å²) in [5.74, 6) is 0.837. The number of aromatic amines is 1. The molecule has 0 atom stereocenters. The number of nitrogens with zero attached hydrogens (tertiary/aromatic N) is 1. The Hall–Kier alpha value is -1.08. The summed E-state index contributed by atoms with van der Waals surface area (Å²) in [6.07, 6.45) is 5.18. The lowest BCUT2D eigenvalue weighted by Gasteiger charge is -2.05. The largest absolute Gasteiger partial charge is 0.352 e. The fraction of sp³-hybridized carbons (Fsp3) is 0.231. The fourth-order valence-electron chi connectivity index (χ4n) is 1.63. The van der Waals surface area contributed by atoms with E-state index in [0.717, 1.165) is 22.2 Å². The van der Waals surface area contributed by atoms with Gasteiger partial charge in [-0.1, -0.05) is 11.6 Å². The van der Waals surface area contributed by atoms with Gasteiger partial charge in [0.15, 0.2) is 0 Å². The first kappa shape index (κ1) is 14.3. The van der Waals surface area contributed by atoms with Crippen LogP contribution in [0.15, 0.2) is 30.6 Å². The predicted octanol–water partition coefficient (Wildman–Crippen LogP) is 3.03. The van der Waals surface area contributed by atoms with Crippen LogP contribution in [0.2, 0.25) is 5.02 Å². The van der Waals surface area contributed by atoms with Crippen molar-refractivity contribution < 1.29 is 4.79 Å². The third-order valence-corrected chi connectivity index (χ3v) is 4.18. The standard InChI is InChI=1S/C13H13ClIN3O/c14-10-8-9(3-4-11(10)15)13(19)18-5-1-2-12-16-6-7-17-12/h3-4,6-8H,1-2,5H2,(H,16,17)(H,18,19). The predicted molar refractivity (Wildman–Crippen MR) is 83.4 cm³/mol. The minimum Gasteiger partial charge on any atom is -0.352 e. The number of carbonyl (C=O) groups excluding carboxylic acids is 1. The molecular weight excluding hydrogens is 377 g/mol. The van der Waals surface area contributed by atoms with E-state index in [4.69, 9.17) is 11.6 Å². The Balaban J connectivity index is 1.79. The van der Waals surface area contributed by atoms with Crippen molar-refractivity contribution in [2.24, 2.45) is 0 Å². The number of benzene rings is 1. The van der Waals surface area contributed by atoms with Gasteiger partial charge in [0, 0.05) is 34.5 Å². The molecule has 2 rings (SSSR count). The summed E-state index contributed by atoms with van der Waals surface area (Å²) >= 11 is 8.12. The lowest BCUT2D eigenvalue weighted by atomic mass is 10.2. The molecule has 6 heteroatoms. The fourth-order valence-corrected chi connectivity index (χ4v) is 2.15. The average molecular weight is 390 g/mol. The van der Waals surface area contributed by atoms with E-state index in [2.05, 4.69) is 37.9 Å². The molecule has 1 amide bonds. The molecule has 1 aromatic carbocycles. The van der Waals surface area contributed by atoms with E-state index in [9.17, 15) is 4.79 Å². The van der Waals surface area contributed by atoms with E-state index < -0.39 is 0 Å². The minimum atomic E-state index is -0.0993. The summed E-state index contributed by atoms with van der Waals surface area (Å²) in [6.45, 7) is 0.614. The number of rotatable bonds is 5. The van der Waals surface area contributed by atoms with Crippen LogP contribution >= 0.6 is 34.2 Å². The summed E-state index contributed by atoms with van der Waals surface area (Å²) in [7, 11) is 0. The molecule has 1 aromatic heterocycles. The first-order valence-electron chi connectivity index (χ1n) is 5.88. The van der Waals surface area contributed by atoms with Crippen molar-refractivity contribution in [1.82, 2.24) is 15.3 Å². The maximum absolute atomic E-state index is 11.9. The van der Waals surface area contributed by atoms with Crippen LogP contribution in [0.25, 0.3) is 0 Å². The highest BCUT2D eigenvalue weighted by Crippen LogP contribution is 2.19. The third-order valence-electron chi connectivity index (χ3n) is 2.61. The number of aryl methyl sites for hydroxylation is 1. The van der Waals surface area contributed by atoms with E-state index in [0.29, 0.717) is 17.1 Å². The molecule has 0 saturated carbocycles. The van der Waals surface area contributed by atoms with Crippen molar-refractivity contribution in [3.8, 4) is 0 Å². The average Bonchev–Trinajstić information content (AvgIpc) is 2.91. The van der Waals surface area contributed by atoms with Gasteiger partial charge in [-0.25, -0.2) is 4.98 Å². The van der Waals surface area contributed by atoms with Crippen molar-refractivity contribution in [2.45, 2.75) is 12.8 Å². The summed E-state index contributed by atoms with van der Waals surface area (Å²) in [5.41, 5.74) is 0.586. The van der Waals surface area contributed by atoms with Gasteiger partial charge in [0.1, 0.15) is 5.82 Å². The van der Waals surface area contributed by atoms with Crippen molar-refractivity contribution >= 4 is 40.1 Å². The maximum Gasteiger partial charge on any atom is 0.251 e. The normalized spacial score (nSPS) is 10.4. The first-order chi connectivity index (χ1) is 9.16. The second-order valence-electron chi connectivity index (χ2n) is 4.02. The number of aromatic nitrogens is 2. The Labute approximate surface area is 130 Å². The third kappa shape index (κ3) is 4.21. The quantitative estimate of drug-likeness (QED) is 0.610. The molecule has 0 radical (unpaired) electrons. The lowest BCUT2D eigenvalue weighted by molar-refractivity contribution is 0.0953. The highest BCUT2D eigenvalue weighted by molar-refractivity contribution is 14.1. The molecule has 0 fully saturated rings. The Morgan fingerprint density at radius 2 is 2.32 bits per heavy atom. The van der Waals surface area contributed by atoms with Crippen molar-refractivity contribution in [3.63, 3.8) is 0 Å². The van der Waals surface area contributed by atoms with Crippen LogP contribution in [0.4, 0.5) is 0 Å². The molecule has 0 saturated heterocycles. The summed E-state index contributed by atoms with van der Waals surface area (Å²) in [4.78, 5) is 19.0. The van der Waals surface area contributed by atoms with Crippen LogP contribution in [0.5, 0.6) is 0 Å². The van der Waals surface area contributed by atoms with Gasteiger partial charge in [0.2, 0.25) is 0 Å².